The molecule has 0 bridgehead atoms. The number of hydrazone groups is 1. The third kappa shape index (κ3) is 2.24. The highest BCUT2D eigenvalue weighted by Gasteiger charge is 2.21. The van der Waals surface area contributed by atoms with Crippen molar-refractivity contribution in [2.24, 2.45) is 18.1 Å². The molecule has 1 aromatic heterocycles. The fourth-order valence-corrected chi connectivity index (χ4v) is 2.78. The summed E-state index contributed by atoms with van der Waals surface area (Å²) in [6.07, 6.45) is 0.448. The summed E-state index contributed by atoms with van der Waals surface area (Å²) in [6.45, 7) is 3.93. The number of benzene rings is 1. The van der Waals surface area contributed by atoms with Gasteiger partial charge >= 0.3 is 0 Å². The maximum atomic E-state index is 11.8. The van der Waals surface area contributed by atoms with Crippen molar-refractivity contribution in [1.29, 1.82) is 0 Å². The van der Waals surface area contributed by atoms with E-state index in [-0.39, 0.29) is 17.4 Å². The normalized spacial score (nSPS) is 18.5. The van der Waals surface area contributed by atoms with Crippen molar-refractivity contribution in [3.05, 3.63) is 45.7 Å². The summed E-state index contributed by atoms with van der Waals surface area (Å²) in [5.41, 5.74) is 6.24. The van der Waals surface area contributed by atoms with Gasteiger partial charge in [-0.05, 0) is 30.2 Å². The first-order valence-corrected chi connectivity index (χ1v) is 6.94. The summed E-state index contributed by atoms with van der Waals surface area (Å²) in [7, 11) is 1.77. The smallest absolute Gasteiger partial charge is 0.251 e. The summed E-state index contributed by atoms with van der Waals surface area (Å²) >= 11 is 0. The lowest BCUT2D eigenvalue weighted by molar-refractivity contribution is -0.121. The summed E-state index contributed by atoms with van der Waals surface area (Å²) in [5.74, 6) is 0.0367. The maximum absolute atomic E-state index is 11.8. The van der Waals surface area contributed by atoms with Crippen molar-refractivity contribution >= 4 is 22.5 Å². The molecule has 5 heteroatoms. The number of carbonyl (C=O) groups is 1. The van der Waals surface area contributed by atoms with Gasteiger partial charge in [-0.2, -0.15) is 5.10 Å². The van der Waals surface area contributed by atoms with Crippen LogP contribution in [0, 0.1) is 12.8 Å². The van der Waals surface area contributed by atoms with Gasteiger partial charge in [0, 0.05) is 30.8 Å². The molecule has 5 nitrogen and oxygen atoms in total. The molecular formula is C16H17N3O2. The number of aromatic nitrogens is 1. The second-order valence-corrected chi connectivity index (χ2v) is 5.59. The molecule has 0 aliphatic carbocycles. The van der Waals surface area contributed by atoms with Gasteiger partial charge in [-0.3, -0.25) is 9.59 Å². The molecule has 1 aliphatic rings. The number of nitrogens with one attached hydrogen (secondary N) is 1. The lowest BCUT2D eigenvalue weighted by Crippen LogP contribution is -2.32. The number of fused-ring (bicyclic) bond motifs is 1. The minimum atomic E-state index is -0.0504. The lowest BCUT2D eigenvalue weighted by atomic mass is 9.93. The van der Waals surface area contributed by atoms with Crippen molar-refractivity contribution < 1.29 is 4.79 Å². The molecule has 0 spiro atoms. The molecule has 1 amide bonds. The van der Waals surface area contributed by atoms with E-state index in [0.717, 1.165) is 27.7 Å². The van der Waals surface area contributed by atoms with E-state index in [4.69, 9.17) is 0 Å². The first kappa shape index (κ1) is 13.5. The molecule has 0 radical (unpaired) electrons. The van der Waals surface area contributed by atoms with Crippen LogP contribution in [-0.4, -0.2) is 16.2 Å². The van der Waals surface area contributed by atoms with E-state index in [9.17, 15) is 9.59 Å². The van der Waals surface area contributed by atoms with Crippen molar-refractivity contribution in [3.63, 3.8) is 0 Å². The molecule has 1 aromatic carbocycles. The average Bonchev–Trinajstić information content (AvgIpc) is 2.44. The van der Waals surface area contributed by atoms with Gasteiger partial charge in [-0.25, -0.2) is 5.43 Å². The number of rotatable bonds is 1. The Balaban J connectivity index is 2.19. The molecule has 21 heavy (non-hydrogen) atoms. The summed E-state index contributed by atoms with van der Waals surface area (Å²) in [4.78, 5) is 23.2. The molecule has 1 unspecified atom stereocenters. The topological polar surface area (TPSA) is 63.5 Å². The lowest BCUT2D eigenvalue weighted by Gasteiger charge is -2.19. The Bertz CT molecular complexity index is 833. The third-order valence-electron chi connectivity index (χ3n) is 4.01. The molecule has 108 valence electrons. The van der Waals surface area contributed by atoms with Gasteiger partial charge in [0.1, 0.15) is 0 Å². The number of carbonyl (C=O) groups excluding carboxylic acids is 1. The highest BCUT2D eigenvalue weighted by atomic mass is 16.2. The Labute approximate surface area is 122 Å². The van der Waals surface area contributed by atoms with Gasteiger partial charge < -0.3 is 4.57 Å². The Kier molecular flexibility index (Phi) is 3.12. The minimum Gasteiger partial charge on any atom is -0.311 e. The van der Waals surface area contributed by atoms with Crippen LogP contribution < -0.4 is 11.0 Å². The van der Waals surface area contributed by atoms with E-state index >= 15 is 0 Å². The number of hydrogen-bond acceptors (Lipinski definition) is 3. The molecule has 2 heterocycles. The van der Waals surface area contributed by atoms with Crippen LogP contribution in [0.2, 0.25) is 0 Å². The first-order valence-electron chi connectivity index (χ1n) is 6.94. The quantitative estimate of drug-likeness (QED) is 0.866. The zero-order chi connectivity index (χ0) is 15.1. The van der Waals surface area contributed by atoms with E-state index < -0.39 is 0 Å². The summed E-state index contributed by atoms with van der Waals surface area (Å²) in [5, 5.41) is 5.22. The van der Waals surface area contributed by atoms with Crippen molar-refractivity contribution in [1.82, 2.24) is 9.99 Å². The maximum Gasteiger partial charge on any atom is 0.251 e. The molecule has 1 N–H and O–H groups in total. The molecule has 2 aromatic rings. The Morgan fingerprint density at radius 3 is 2.76 bits per heavy atom. The van der Waals surface area contributed by atoms with Gasteiger partial charge in [-0.15, -0.1) is 0 Å². The van der Waals surface area contributed by atoms with Crippen LogP contribution in [-0.2, 0) is 11.8 Å². The van der Waals surface area contributed by atoms with E-state index in [1.807, 2.05) is 32.0 Å². The second-order valence-electron chi connectivity index (χ2n) is 5.59. The number of pyridine rings is 1. The number of amides is 1. The summed E-state index contributed by atoms with van der Waals surface area (Å²) < 4.78 is 1.64. The zero-order valence-electron chi connectivity index (χ0n) is 12.3. The predicted molar refractivity (Wildman–Crippen MR) is 82.4 cm³/mol. The fourth-order valence-electron chi connectivity index (χ4n) is 2.78. The monoisotopic (exact) mass is 283 g/mol. The minimum absolute atomic E-state index is 0.0108. The van der Waals surface area contributed by atoms with Crippen molar-refractivity contribution in [3.8, 4) is 0 Å². The average molecular weight is 283 g/mol. The van der Waals surface area contributed by atoms with Gasteiger partial charge in [0.2, 0.25) is 5.91 Å². The van der Waals surface area contributed by atoms with E-state index in [2.05, 4.69) is 10.5 Å². The van der Waals surface area contributed by atoms with Crippen LogP contribution in [0.15, 0.2) is 34.2 Å². The SMILES string of the molecule is Cc1cc(=O)n(C)c2ccc(C3=NNC(=O)CC3C)cc12. The van der Waals surface area contributed by atoms with Crippen LogP contribution >= 0.6 is 0 Å². The van der Waals surface area contributed by atoms with Crippen molar-refractivity contribution in [2.45, 2.75) is 20.3 Å². The van der Waals surface area contributed by atoms with Crippen LogP contribution in [0.1, 0.15) is 24.5 Å². The van der Waals surface area contributed by atoms with E-state index in [1.165, 1.54) is 0 Å². The van der Waals surface area contributed by atoms with Gasteiger partial charge in [0.05, 0.1) is 11.2 Å². The largest absolute Gasteiger partial charge is 0.311 e. The molecule has 1 atom stereocenters. The summed E-state index contributed by atoms with van der Waals surface area (Å²) in [6, 6.07) is 7.57. The van der Waals surface area contributed by atoms with Crippen LogP contribution in [0.3, 0.4) is 0 Å². The molecule has 0 fully saturated rings. The number of hydrogen-bond donors (Lipinski definition) is 1. The Morgan fingerprint density at radius 1 is 1.29 bits per heavy atom. The highest BCUT2D eigenvalue weighted by Crippen LogP contribution is 2.22. The van der Waals surface area contributed by atoms with Gasteiger partial charge in [0.15, 0.2) is 0 Å². The van der Waals surface area contributed by atoms with E-state index in [1.54, 1.807) is 17.7 Å². The number of nitrogens with zero attached hydrogens (tertiary/aromatic N) is 2. The van der Waals surface area contributed by atoms with Crippen LogP contribution in [0.5, 0.6) is 0 Å². The second kappa shape index (κ2) is 4.84. The zero-order valence-corrected chi connectivity index (χ0v) is 12.3. The molecule has 0 saturated carbocycles. The van der Waals surface area contributed by atoms with Gasteiger partial charge in [0.25, 0.3) is 5.56 Å². The van der Waals surface area contributed by atoms with Crippen molar-refractivity contribution in [2.75, 3.05) is 0 Å². The van der Waals surface area contributed by atoms with Gasteiger partial charge in [-0.1, -0.05) is 13.0 Å². The first-order chi connectivity index (χ1) is 9.97. The van der Waals surface area contributed by atoms with Crippen LogP contribution in [0.4, 0.5) is 0 Å². The molecular weight excluding hydrogens is 266 g/mol. The molecule has 1 aliphatic heterocycles. The fraction of sp³-hybridized carbons (Fsp3) is 0.312. The molecule has 3 rings (SSSR count). The van der Waals surface area contributed by atoms with E-state index in [0.29, 0.717) is 6.42 Å². The van der Waals surface area contributed by atoms with Crippen LogP contribution in [0.25, 0.3) is 10.9 Å². The third-order valence-corrected chi connectivity index (χ3v) is 4.01. The number of aryl methyl sites for hydroxylation is 2. The standard InChI is InChI=1S/C16H17N3O2/c1-9-7-15(21)19(3)13-5-4-11(8-12(9)13)16-10(2)6-14(20)17-18-16/h4-5,7-8,10H,6H2,1-3H3,(H,17,20). The molecule has 0 saturated heterocycles. The Hall–Kier alpha value is -2.43. The highest BCUT2D eigenvalue weighted by molar-refractivity contribution is 6.07. The predicted octanol–water partition coefficient (Wildman–Crippen LogP) is 1.71. The Morgan fingerprint density at radius 2 is 2.05 bits per heavy atom.